The number of anilines is 1. The summed E-state index contributed by atoms with van der Waals surface area (Å²) in [6, 6.07) is 42.0. The van der Waals surface area contributed by atoms with Crippen molar-refractivity contribution in [1.82, 2.24) is 0 Å². The molecule has 2 heteroatoms. The fourth-order valence-corrected chi connectivity index (χ4v) is 8.70. The molecule has 0 aliphatic rings. The van der Waals surface area contributed by atoms with E-state index < -0.39 is 8.07 Å². The van der Waals surface area contributed by atoms with Crippen LogP contribution in [-0.4, -0.2) is 15.1 Å². The normalized spacial score (nSPS) is 11.1. The van der Waals surface area contributed by atoms with Crippen LogP contribution in [0.3, 0.4) is 0 Å². The minimum absolute atomic E-state index is 1.14. The summed E-state index contributed by atoms with van der Waals surface area (Å²) >= 11 is 0. The van der Waals surface area contributed by atoms with E-state index in [2.05, 4.69) is 121 Å². The predicted octanol–water partition coefficient (Wildman–Crippen LogP) is 3.11. The third kappa shape index (κ3) is 3.09. The lowest BCUT2D eigenvalue weighted by molar-refractivity contribution is 1.52. The van der Waals surface area contributed by atoms with Gasteiger partial charge in [0.2, 0.25) is 0 Å². The van der Waals surface area contributed by atoms with Crippen LogP contribution in [0.5, 0.6) is 0 Å². The van der Waals surface area contributed by atoms with Crippen molar-refractivity contribution in [2.45, 2.75) is 0 Å². The highest BCUT2D eigenvalue weighted by Crippen LogP contribution is 2.11. The molecule has 0 heterocycles. The minimum Gasteiger partial charge on any atom is -0.388 e. The van der Waals surface area contributed by atoms with Crippen LogP contribution in [-0.2, 0) is 0 Å². The maximum absolute atomic E-state index is 3.24. The summed E-state index contributed by atoms with van der Waals surface area (Å²) < 4.78 is 0. The van der Waals surface area contributed by atoms with Crippen LogP contribution >= 0.6 is 0 Å². The quantitative estimate of drug-likeness (QED) is 0.423. The van der Waals surface area contributed by atoms with Gasteiger partial charge in [0.25, 0.3) is 0 Å². The van der Waals surface area contributed by atoms with Gasteiger partial charge < -0.3 is 5.32 Å². The van der Waals surface area contributed by atoms with Gasteiger partial charge in [-0.1, -0.05) is 103 Å². The molecule has 0 atom stereocenters. The van der Waals surface area contributed by atoms with E-state index in [0.29, 0.717) is 0 Å². The van der Waals surface area contributed by atoms with E-state index in [1.54, 1.807) is 0 Å². The largest absolute Gasteiger partial charge is 0.388 e. The molecule has 4 aromatic carbocycles. The molecule has 0 fully saturated rings. The molecule has 132 valence electrons. The Kier molecular flexibility index (Phi) is 4.90. The molecule has 1 nitrogen and oxygen atoms in total. The summed E-state index contributed by atoms with van der Waals surface area (Å²) in [5, 5.41) is 8.84. The standard InChI is InChI=1S/C25H23NSi/c1-26-21-17-19-25(20-18-21)27(22-11-5-2-6-12-22,23-13-7-3-8-14-23)24-15-9-4-10-16-24/h2-20,26H,1H3. The van der Waals surface area contributed by atoms with E-state index >= 15 is 0 Å². The van der Waals surface area contributed by atoms with E-state index in [4.69, 9.17) is 0 Å². The van der Waals surface area contributed by atoms with Gasteiger partial charge in [0.05, 0.1) is 0 Å². The van der Waals surface area contributed by atoms with Crippen LogP contribution in [0, 0.1) is 0 Å². The number of nitrogens with one attached hydrogen (secondary N) is 1. The van der Waals surface area contributed by atoms with Crippen LogP contribution in [0.1, 0.15) is 0 Å². The molecule has 1 N–H and O–H groups in total. The molecule has 0 spiro atoms. The molecular weight excluding hydrogens is 342 g/mol. The first kappa shape index (κ1) is 17.3. The molecular formula is C25H23NSi. The summed E-state index contributed by atoms with van der Waals surface area (Å²) in [4.78, 5) is 0. The fraction of sp³-hybridized carbons (Fsp3) is 0.0400. The zero-order valence-electron chi connectivity index (χ0n) is 15.5. The maximum Gasteiger partial charge on any atom is 0.179 e. The molecule has 0 amide bonds. The molecule has 0 saturated carbocycles. The average Bonchev–Trinajstić information content (AvgIpc) is 2.77. The third-order valence-corrected chi connectivity index (χ3v) is 10.0. The molecule has 0 aliphatic carbocycles. The van der Waals surface area contributed by atoms with Crippen LogP contribution in [0.25, 0.3) is 0 Å². The fourth-order valence-electron chi connectivity index (χ4n) is 3.95. The molecule has 0 aliphatic heterocycles. The summed E-state index contributed by atoms with van der Waals surface area (Å²) in [7, 11) is -0.400. The summed E-state index contributed by atoms with van der Waals surface area (Å²) in [6.45, 7) is 0. The van der Waals surface area contributed by atoms with Gasteiger partial charge in [-0.15, -0.1) is 0 Å². The summed E-state index contributed by atoms with van der Waals surface area (Å²) in [5.41, 5.74) is 1.14. The topological polar surface area (TPSA) is 12.0 Å². The summed E-state index contributed by atoms with van der Waals surface area (Å²) in [6.07, 6.45) is 0. The minimum atomic E-state index is -2.36. The van der Waals surface area contributed by atoms with Crippen molar-refractivity contribution < 1.29 is 0 Å². The number of hydrogen-bond acceptors (Lipinski definition) is 1. The van der Waals surface area contributed by atoms with Gasteiger partial charge in [-0.05, 0) is 32.9 Å². The second kappa shape index (κ2) is 7.64. The van der Waals surface area contributed by atoms with Gasteiger partial charge in [0.1, 0.15) is 0 Å². The van der Waals surface area contributed by atoms with Crippen molar-refractivity contribution in [1.29, 1.82) is 0 Å². The van der Waals surface area contributed by atoms with Gasteiger partial charge in [0, 0.05) is 12.7 Å². The Morgan fingerprint density at radius 2 is 0.778 bits per heavy atom. The third-order valence-electron chi connectivity index (χ3n) is 5.23. The molecule has 4 rings (SSSR count). The SMILES string of the molecule is CNc1ccc([Si](c2ccccc2)(c2ccccc2)c2ccccc2)cc1. The van der Waals surface area contributed by atoms with E-state index in [1.807, 2.05) is 7.05 Å². The van der Waals surface area contributed by atoms with Crippen molar-refractivity contribution in [2.75, 3.05) is 12.4 Å². The highest BCUT2D eigenvalue weighted by molar-refractivity contribution is 7.19. The van der Waals surface area contributed by atoms with Gasteiger partial charge in [0.15, 0.2) is 8.07 Å². The number of rotatable bonds is 5. The lowest BCUT2D eigenvalue weighted by Crippen LogP contribution is -2.74. The first-order valence-corrected chi connectivity index (χ1v) is 11.3. The van der Waals surface area contributed by atoms with Crippen molar-refractivity contribution in [3.63, 3.8) is 0 Å². The number of benzene rings is 4. The molecule has 0 saturated heterocycles. The molecule has 0 aromatic heterocycles. The zero-order chi connectivity index (χ0) is 18.5. The van der Waals surface area contributed by atoms with E-state index in [1.165, 1.54) is 20.7 Å². The Morgan fingerprint density at radius 1 is 0.444 bits per heavy atom. The van der Waals surface area contributed by atoms with Crippen LogP contribution in [0.2, 0.25) is 0 Å². The first-order chi connectivity index (χ1) is 13.4. The molecule has 0 unspecified atom stereocenters. The van der Waals surface area contributed by atoms with Gasteiger partial charge in [-0.25, -0.2) is 0 Å². The Bertz CT molecular complexity index is 884. The average molecular weight is 366 g/mol. The van der Waals surface area contributed by atoms with E-state index in [9.17, 15) is 0 Å². The highest BCUT2D eigenvalue weighted by atomic mass is 28.3. The Hall–Kier alpha value is -3.10. The predicted molar refractivity (Wildman–Crippen MR) is 120 cm³/mol. The Balaban J connectivity index is 2.09. The van der Waals surface area contributed by atoms with Gasteiger partial charge in [-0.3, -0.25) is 0 Å². The lowest BCUT2D eigenvalue weighted by atomic mass is 10.3. The lowest BCUT2D eigenvalue weighted by Gasteiger charge is -2.34. The van der Waals surface area contributed by atoms with Crippen molar-refractivity contribution in [2.24, 2.45) is 0 Å². The Labute approximate surface area is 162 Å². The zero-order valence-corrected chi connectivity index (χ0v) is 16.5. The highest BCUT2D eigenvalue weighted by Gasteiger charge is 2.41. The molecule has 4 aromatic rings. The first-order valence-electron chi connectivity index (χ1n) is 9.30. The second-order valence-electron chi connectivity index (χ2n) is 6.68. The van der Waals surface area contributed by atoms with Crippen molar-refractivity contribution >= 4 is 34.5 Å². The number of hydrogen-bond donors (Lipinski definition) is 1. The van der Waals surface area contributed by atoms with Crippen LogP contribution in [0.4, 0.5) is 5.69 Å². The van der Waals surface area contributed by atoms with Crippen LogP contribution < -0.4 is 26.1 Å². The maximum atomic E-state index is 3.24. The van der Waals surface area contributed by atoms with Gasteiger partial charge in [-0.2, -0.15) is 0 Å². The van der Waals surface area contributed by atoms with Crippen LogP contribution in [0.15, 0.2) is 115 Å². The van der Waals surface area contributed by atoms with Gasteiger partial charge >= 0.3 is 0 Å². The van der Waals surface area contributed by atoms with Crippen molar-refractivity contribution in [3.8, 4) is 0 Å². The van der Waals surface area contributed by atoms with Crippen molar-refractivity contribution in [3.05, 3.63) is 115 Å². The molecule has 0 bridgehead atoms. The van der Waals surface area contributed by atoms with E-state index in [-0.39, 0.29) is 0 Å². The van der Waals surface area contributed by atoms with E-state index in [0.717, 1.165) is 5.69 Å². The monoisotopic (exact) mass is 365 g/mol. The summed E-state index contributed by atoms with van der Waals surface area (Å²) in [5.74, 6) is 0. The second-order valence-corrected chi connectivity index (χ2v) is 10.5. The Morgan fingerprint density at radius 3 is 1.11 bits per heavy atom. The molecule has 0 radical (unpaired) electrons. The smallest absolute Gasteiger partial charge is 0.179 e. The molecule has 27 heavy (non-hydrogen) atoms.